The van der Waals surface area contributed by atoms with Gasteiger partial charge in [0.15, 0.2) is 0 Å². The van der Waals surface area contributed by atoms with Crippen molar-refractivity contribution in [2.75, 3.05) is 0 Å². The zero-order valence-electron chi connectivity index (χ0n) is 13.1. The average Bonchev–Trinajstić information content (AvgIpc) is 2.49. The summed E-state index contributed by atoms with van der Waals surface area (Å²) >= 11 is 11.8. The predicted octanol–water partition coefficient (Wildman–Crippen LogP) is 4.67. The molecule has 0 fully saturated rings. The van der Waals surface area contributed by atoms with Crippen LogP contribution in [0.2, 0.25) is 10.2 Å². The average molecular weight is 353 g/mol. The van der Waals surface area contributed by atoms with Crippen LogP contribution < -0.4 is 10.1 Å². The minimum Gasteiger partial charge on any atom is -0.491 e. The molecule has 1 heterocycles. The molecule has 122 valence electrons. The van der Waals surface area contributed by atoms with Crippen molar-refractivity contribution in [3.05, 3.63) is 57.8 Å². The summed E-state index contributed by atoms with van der Waals surface area (Å²) in [4.78, 5) is 16.3. The van der Waals surface area contributed by atoms with Crippen molar-refractivity contribution in [2.24, 2.45) is 0 Å². The molecule has 0 aliphatic carbocycles. The maximum absolute atomic E-state index is 12.3. The number of hydrogen-bond donors (Lipinski definition) is 1. The molecule has 0 unspecified atom stereocenters. The molecule has 0 spiro atoms. The monoisotopic (exact) mass is 352 g/mol. The van der Waals surface area contributed by atoms with Gasteiger partial charge in [0.2, 0.25) is 0 Å². The van der Waals surface area contributed by atoms with E-state index in [-0.39, 0.29) is 33.9 Å². The molecule has 1 aromatic heterocycles. The summed E-state index contributed by atoms with van der Waals surface area (Å²) in [5, 5.41) is 3.34. The number of pyridine rings is 1. The molecule has 6 heteroatoms. The van der Waals surface area contributed by atoms with Gasteiger partial charge in [0.05, 0.1) is 17.2 Å². The number of carbonyl (C=O) groups is 1. The summed E-state index contributed by atoms with van der Waals surface area (Å²) < 4.78 is 5.67. The lowest BCUT2D eigenvalue weighted by Crippen LogP contribution is -2.27. The molecular formula is C17H18Cl2N2O2. The molecular weight excluding hydrogens is 335 g/mol. The molecule has 4 nitrogen and oxygen atoms in total. The van der Waals surface area contributed by atoms with E-state index in [1.165, 1.54) is 6.07 Å². The summed E-state index contributed by atoms with van der Waals surface area (Å²) in [6.45, 7) is 5.81. The van der Waals surface area contributed by atoms with Gasteiger partial charge >= 0.3 is 0 Å². The lowest BCUT2D eigenvalue weighted by atomic mass is 10.1. The Morgan fingerprint density at radius 2 is 1.91 bits per heavy atom. The van der Waals surface area contributed by atoms with Crippen molar-refractivity contribution in [2.45, 2.75) is 32.9 Å². The van der Waals surface area contributed by atoms with Crippen LogP contribution in [0.1, 0.15) is 42.9 Å². The van der Waals surface area contributed by atoms with Gasteiger partial charge < -0.3 is 10.1 Å². The van der Waals surface area contributed by atoms with Crippen LogP contribution in [0, 0.1) is 0 Å². The lowest BCUT2D eigenvalue weighted by molar-refractivity contribution is 0.0935. The van der Waals surface area contributed by atoms with Crippen LogP contribution in [0.3, 0.4) is 0 Å². The summed E-state index contributed by atoms with van der Waals surface area (Å²) in [6.07, 6.45) is 0.0876. The van der Waals surface area contributed by atoms with E-state index in [9.17, 15) is 4.79 Å². The Morgan fingerprint density at radius 1 is 1.17 bits per heavy atom. The first-order chi connectivity index (χ1) is 10.9. The molecule has 23 heavy (non-hydrogen) atoms. The Balaban J connectivity index is 2.13. The Bertz CT molecular complexity index is 705. The van der Waals surface area contributed by atoms with E-state index in [0.717, 1.165) is 11.3 Å². The van der Waals surface area contributed by atoms with Gasteiger partial charge in [-0.05, 0) is 50.6 Å². The summed E-state index contributed by atoms with van der Waals surface area (Å²) in [6, 6.07) is 10.5. The van der Waals surface area contributed by atoms with Gasteiger partial charge in [0.25, 0.3) is 5.91 Å². The molecule has 0 saturated heterocycles. The third kappa shape index (κ3) is 4.85. The van der Waals surface area contributed by atoms with Crippen LogP contribution in [-0.2, 0) is 0 Å². The zero-order chi connectivity index (χ0) is 17.0. The summed E-state index contributed by atoms with van der Waals surface area (Å²) in [5.74, 6) is 0.387. The Kier molecular flexibility index (Phi) is 5.85. The number of halogens is 2. The minimum absolute atomic E-state index is 0.0876. The Labute approximate surface area is 145 Å². The standard InChI is InChI=1S/C17H18Cl2N2O2/c1-10(2)23-13-6-4-5-12(9-13)11(3)20-17(22)16-14(18)7-8-15(19)21-16/h4-11H,1-3H3,(H,20,22)/t11-/m0/s1. The van der Waals surface area contributed by atoms with E-state index in [4.69, 9.17) is 27.9 Å². The van der Waals surface area contributed by atoms with Crippen molar-refractivity contribution < 1.29 is 9.53 Å². The predicted molar refractivity (Wildman–Crippen MR) is 92.3 cm³/mol. The van der Waals surface area contributed by atoms with Crippen LogP contribution in [0.4, 0.5) is 0 Å². The normalized spacial score (nSPS) is 12.1. The Morgan fingerprint density at radius 3 is 2.61 bits per heavy atom. The highest BCUT2D eigenvalue weighted by Crippen LogP contribution is 2.22. The molecule has 1 aromatic carbocycles. The van der Waals surface area contributed by atoms with E-state index in [0.29, 0.717) is 0 Å². The largest absolute Gasteiger partial charge is 0.491 e. The summed E-state index contributed by atoms with van der Waals surface area (Å²) in [7, 11) is 0. The topological polar surface area (TPSA) is 51.2 Å². The van der Waals surface area contributed by atoms with Crippen molar-refractivity contribution in [3.63, 3.8) is 0 Å². The molecule has 0 radical (unpaired) electrons. The quantitative estimate of drug-likeness (QED) is 0.795. The van der Waals surface area contributed by atoms with Gasteiger partial charge in [0, 0.05) is 0 Å². The first-order valence-electron chi connectivity index (χ1n) is 7.26. The first-order valence-corrected chi connectivity index (χ1v) is 8.02. The number of hydrogen-bond acceptors (Lipinski definition) is 3. The third-order valence-corrected chi connectivity index (χ3v) is 3.62. The SMILES string of the molecule is CC(C)Oc1cccc([C@H](C)NC(=O)c2nc(Cl)ccc2Cl)c1. The highest BCUT2D eigenvalue weighted by Gasteiger charge is 2.16. The number of amides is 1. The number of aromatic nitrogens is 1. The van der Waals surface area contributed by atoms with E-state index in [1.54, 1.807) is 6.07 Å². The number of nitrogens with one attached hydrogen (secondary N) is 1. The van der Waals surface area contributed by atoms with E-state index >= 15 is 0 Å². The number of carbonyl (C=O) groups excluding carboxylic acids is 1. The molecule has 1 N–H and O–H groups in total. The molecule has 1 atom stereocenters. The molecule has 2 aromatic rings. The number of ether oxygens (including phenoxy) is 1. The second-order valence-electron chi connectivity index (χ2n) is 5.40. The van der Waals surface area contributed by atoms with E-state index < -0.39 is 0 Å². The van der Waals surface area contributed by atoms with Gasteiger partial charge in [-0.3, -0.25) is 4.79 Å². The minimum atomic E-state index is -0.375. The Hall–Kier alpha value is -1.78. The van der Waals surface area contributed by atoms with Crippen LogP contribution in [0.25, 0.3) is 0 Å². The van der Waals surface area contributed by atoms with Gasteiger partial charge in [-0.25, -0.2) is 4.98 Å². The van der Waals surface area contributed by atoms with E-state index in [1.807, 2.05) is 45.0 Å². The molecule has 0 bridgehead atoms. The molecule has 0 aliphatic rings. The fourth-order valence-electron chi connectivity index (χ4n) is 2.06. The number of rotatable bonds is 5. The van der Waals surface area contributed by atoms with Gasteiger partial charge in [0.1, 0.15) is 16.6 Å². The van der Waals surface area contributed by atoms with Gasteiger partial charge in [-0.2, -0.15) is 0 Å². The third-order valence-electron chi connectivity index (χ3n) is 3.10. The highest BCUT2D eigenvalue weighted by atomic mass is 35.5. The van der Waals surface area contributed by atoms with Gasteiger partial charge in [-0.1, -0.05) is 35.3 Å². The second kappa shape index (κ2) is 7.66. The van der Waals surface area contributed by atoms with Crippen molar-refractivity contribution in [3.8, 4) is 5.75 Å². The fourth-order valence-corrected chi connectivity index (χ4v) is 2.39. The zero-order valence-corrected chi connectivity index (χ0v) is 14.7. The first kappa shape index (κ1) is 17.6. The maximum atomic E-state index is 12.3. The van der Waals surface area contributed by atoms with Crippen LogP contribution in [0.5, 0.6) is 5.75 Å². The van der Waals surface area contributed by atoms with Gasteiger partial charge in [-0.15, -0.1) is 0 Å². The van der Waals surface area contributed by atoms with Crippen molar-refractivity contribution in [1.82, 2.24) is 10.3 Å². The van der Waals surface area contributed by atoms with Crippen LogP contribution in [0.15, 0.2) is 36.4 Å². The smallest absolute Gasteiger partial charge is 0.271 e. The van der Waals surface area contributed by atoms with E-state index in [2.05, 4.69) is 10.3 Å². The molecule has 1 amide bonds. The molecule has 2 rings (SSSR count). The van der Waals surface area contributed by atoms with Crippen molar-refractivity contribution in [1.29, 1.82) is 0 Å². The maximum Gasteiger partial charge on any atom is 0.271 e. The molecule has 0 saturated carbocycles. The second-order valence-corrected chi connectivity index (χ2v) is 6.19. The summed E-state index contributed by atoms with van der Waals surface area (Å²) in [5.41, 5.74) is 1.04. The molecule has 0 aliphatic heterocycles. The number of benzene rings is 1. The van der Waals surface area contributed by atoms with Crippen LogP contribution >= 0.6 is 23.2 Å². The fraction of sp³-hybridized carbons (Fsp3) is 0.294. The lowest BCUT2D eigenvalue weighted by Gasteiger charge is -2.16. The van der Waals surface area contributed by atoms with Crippen LogP contribution in [-0.4, -0.2) is 17.0 Å². The number of nitrogens with zero attached hydrogens (tertiary/aromatic N) is 1. The highest BCUT2D eigenvalue weighted by molar-refractivity contribution is 6.34. The van der Waals surface area contributed by atoms with Crippen molar-refractivity contribution >= 4 is 29.1 Å².